The fourth-order valence-electron chi connectivity index (χ4n) is 3.15. The highest BCUT2D eigenvalue weighted by molar-refractivity contribution is 5.83. The number of rotatable bonds is 2. The van der Waals surface area contributed by atoms with E-state index in [9.17, 15) is 18.0 Å². The number of hydrogen-bond donors (Lipinski definition) is 0. The van der Waals surface area contributed by atoms with Gasteiger partial charge in [0.05, 0.1) is 5.56 Å². The Morgan fingerprint density at radius 1 is 1.14 bits per heavy atom. The lowest BCUT2D eigenvalue weighted by atomic mass is 10.0. The Labute approximate surface area is 127 Å². The van der Waals surface area contributed by atoms with Gasteiger partial charge in [-0.1, -0.05) is 18.2 Å². The molecule has 1 saturated carbocycles. The molecule has 3 rings (SSSR count). The van der Waals surface area contributed by atoms with Crippen molar-refractivity contribution in [3.05, 3.63) is 35.4 Å². The molecule has 2 aliphatic rings. The third kappa shape index (κ3) is 2.97. The van der Waals surface area contributed by atoms with Gasteiger partial charge >= 0.3 is 6.18 Å². The van der Waals surface area contributed by atoms with Crippen LogP contribution in [0.25, 0.3) is 0 Å². The summed E-state index contributed by atoms with van der Waals surface area (Å²) in [5.74, 6) is -0.563. The molecule has 2 unspecified atom stereocenters. The molecule has 1 amide bonds. The van der Waals surface area contributed by atoms with Gasteiger partial charge < -0.3 is 9.80 Å². The highest BCUT2D eigenvalue weighted by Gasteiger charge is 2.49. The number of likely N-dealkylation sites (N-methyl/N-ethyl adjacent to an activating group) is 1. The predicted molar refractivity (Wildman–Crippen MR) is 76.4 cm³/mol. The molecule has 2 fully saturated rings. The number of nitrogens with zero attached hydrogens (tertiary/aromatic N) is 2. The van der Waals surface area contributed by atoms with Crippen LogP contribution in [0, 0.1) is 5.92 Å². The summed E-state index contributed by atoms with van der Waals surface area (Å²) < 4.78 is 39.2. The summed E-state index contributed by atoms with van der Waals surface area (Å²) in [5, 5.41) is 0. The summed E-state index contributed by atoms with van der Waals surface area (Å²) >= 11 is 0. The van der Waals surface area contributed by atoms with Gasteiger partial charge in [0.1, 0.15) is 0 Å². The van der Waals surface area contributed by atoms with E-state index >= 15 is 0 Å². The molecule has 1 aliphatic heterocycles. The topological polar surface area (TPSA) is 23.6 Å². The molecule has 1 aromatic carbocycles. The fraction of sp³-hybridized carbons (Fsp3) is 0.562. The Kier molecular flexibility index (Phi) is 3.89. The molecule has 0 radical (unpaired) electrons. The molecule has 1 saturated heterocycles. The first-order valence-electron chi connectivity index (χ1n) is 7.51. The molecule has 1 aromatic rings. The van der Waals surface area contributed by atoms with Gasteiger partial charge in [-0.15, -0.1) is 0 Å². The van der Waals surface area contributed by atoms with Crippen LogP contribution in [0.15, 0.2) is 24.3 Å². The average Bonchev–Trinajstić information content (AvgIpc) is 3.27. The monoisotopic (exact) mass is 312 g/mol. The van der Waals surface area contributed by atoms with Gasteiger partial charge in [0.15, 0.2) is 0 Å². The molecule has 6 heteroatoms. The van der Waals surface area contributed by atoms with Gasteiger partial charge in [-0.25, -0.2) is 0 Å². The van der Waals surface area contributed by atoms with E-state index in [0.29, 0.717) is 19.5 Å². The van der Waals surface area contributed by atoms with Gasteiger partial charge in [0, 0.05) is 32.1 Å². The van der Waals surface area contributed by atoms with E-state index in [1.54, 1.807) is 11.0 Å². The van der Waals surface area contributed by atoms with E-state index in [4.69, 9.17) is 0 Å². The molecule has 1 heterocycles. The van der Waals surface area contributed by atoms with E-state index in [2.05, 4.69) is 4.90 Å². The second kappa shape index (κ2) is 5.57. The number of alkyl halides is 3. The minimum Gasteiger partial charge on any atom is -0.340 e. The van der Waals surface area contributed by atoms with Gasteiger partial charge in [0.2, 0.25) is 5.91 Å². The Morgan fingerprint density at radius 3 is 2.41 bits per heavy atom. The van der Waals surface area contributed by atoms with Gasteiger partial charge in [0.25, 0.3) is 0 Å². The summed E-state index contributed by atoms with van der Waals surface area (Å²) in [5.41, 5.74) is -0.337. The lowest BCUT2D eigenvalue weighted by molar-refractivity contribution is -0.139. The van der Waals surface area contributed by atoms with Crippen LogP contribution >= 0.6 is 0 Å². The first-order valence-corrected chi connectivity index (χ1v) is 7.51. The summed E-state index contributed by atoms with van der Waals surface area (Å²) in [6.45, 7) is 2.98. The highest BCUT2D eigenvalue weighted by Crippen LogP contribution is 2.51. The van der Waals surface area contributed by atoms with Crippen molar-refractivity contribution in [3.63, 3.8) is 0 Å². The van der Waals surface area contributed by atoms with Crippen molar-refractivity contribution in [2.45, 2.75) is 18.5 Å². The number of amides is 1. The van der Waals surface area contributed by atoms with Gasteiger partial charge in [-0.05, 0) is 31.0 Å². The Morgan fingerprint density at radius 2 is 1.77 bits per heavy atom. The van der Waals surface area contributed by atoms with Gasteiger partial charge in [-0.2, -0.15) is 13.2 Å². The van der Waals surface area contributed by atoms with E-state index in [1.807, 2.05) is 7.05 Å². The number of carbonyl (C=O) groups is 1. The highest BCUT2D eigenvalue weighted by atomic mass is 19.4. The van der Waals surface area contributed by atoms with Crippen LogP contribution in [0.2, 0.25) is 0 Å². The van der Waals surface area contributed by atoms with Crippen LogP contribution in [-0.4, -0.2) is 48.9 Å². The average molecular weight is 312 g/mol. The van der Waals surface area contributed by atoms with Crippen LogP contribution < -0.4 is 0 Å². The molecule has 0 N–H and O–H groups in total. The number of hydrogen-bond acceptors (Lipinski definition) is 2. The molecular formula is C16H19F3N2O. The van der Waals surface area contributed by atoms with Crippen molar-refractivity contribution in [1.82, 2.24) is 9.80 Å². The number of halogens is 3. The van der Waals surface area contributed by atoms with Crippen LogP contribution in [-0.2, 0) is 11.0 Å². The molecule has 0 spiro atoms. The van der Waals surface area contributed by atoms with E-state index in [-0.39, 0.29) is 23.3 Å². The lowest BCUT2D eigenvalue weighted by Crippen LogP contribution is -2.47. The first kappa shape index (κ1) is 15.3. The molecular weight excluding hydrogens is 293 g/mol. The van der Waals surface area contributed by atoms with Crippen LogP contribution in [0.4, 0.5) is 13.2 Å². The second-order valence-electron chi connectivity index (χ2n) is 6.16. The van der Waals surface area contributed by atoms with Crippen molar-refractivity contribution in [3.8, 4) is 0 Å². The largest absolute Gasteiger partial charge is 0.416 e. The van der Waals surface area contributed by atoms with E-state index in [1.165, 1.54) is 12.1 Å². The third-order valence-corrected chi connectivity index (χ3v) is 4.59. The minimum atomic E-state index is -4.36. The van der Waals surface area contributed by atoms with E-state index < -0.39 is 11.7 Å². The van der Waals surface area contributed by atoms with E-state index in [0.717, 1.165) is 19.2 Å². The maximum atomic E-state index is 13.1. The Hall–Kier alpha value is -1.56. The number of piperazine rings is 1. The van der Waals surface area contributed by atoms with Crippen molar-refractivity contribution in [2.24, 2.45) is 5.92 Å². The zero-order valence-corrected chi connectivity index (χ0v) is 12.4. The standard InChI is InChI=1S/C16H19F3N2O/c1-20-6-8-21(9-7-20)15(22)13-10-12(13)11-4-2-3-5-14(11)16(17,18)19/h2-5,12-13H,6-10H2,1H3. The maximum absolute atomic E-state index is 13.1. The number of carbonyl (C=O) groups excluding carboxylic acids is 1. The smallest absolute Gasteiger partial charge is 0.340 e. The maximum Gasteiger partial charge on any atom is 0.416 e. The van der Waals surface area contributed by atoms with Crippen molar-refractivity contribution in [2.75, 3.05) is 33.2 Å². The third-order valence-electron chi connectivity index (χ3n) is 4.59. The fourth-order valence-corrected chi connectivity index (χ4v) is 3.15. The summed E-state index contributed by atoms with van der Waals surface area (Å²) in [7, 11) is 2.00. The SMILES string of the molecule is CN1CCN(C(=O)C2CC2c2ccccc2C(F)(F)F)CC1. The lowest BCUT2D eigenvalue weighted by Gasteiger charge is -2.32. The molecule has 2 atom stereocenters. The zero-order chi connectivity index (χ0) is 15.9. The summed E-state index contributed by atoms with van der Waals surface area (Å²) in [6, 6.07) is 5.61. The molecule has 0 aromatic heterocycles. The van der Waals surface area contributed by atoms with Crippen LogP contribution in [0.5, 0.6) is 0 Å². The molecule has 22 heavy (non-hydrogen) atoms. The second-order valence-corrected chi connectivity index (χ2v) is 6.16. The quantitative estimate of drug-likeness (QED) is 0.838. The molecule has 120 valence electrons. The van der Waals surface area contributed by atoms with Crippen molar-refractivity contribution < 1.29 is 18.0 Å². The van der Waals surface area contributed by atoms with Crippen LogP contribution in [0.3, 0.4) is 0 Å². The Balaban J connectivity index is 1.71. The minimum absolute atomic E-state index is 0.00933. The van der Waals surface area contributed by atoms with Crippen molar-refractivity contribution >= 4 is 5.91 Å². The summed E-state index contributed by atoms with van der Waals surface area (Å²) in [6.07, 6.45) is -3.83. The first-order chi connectivity index (χ1) is 10.4. The van der Waals surface area contributed by atoms with Crippen molar-refractivity contribution in [1.29, 1.82) is 0 Å². The molecule has 3 nitrogen and oxygen atoms in total. The predicted octanol–water partition coefficient (Wildman–Crippen LogP) is 2.58. The number of benzene rings is 1. The van der Waals surface area contributed by atoms with Gasteiger partial charge in [-0.3, -0.25) is 4.79 Å². The summed E-state index contributed by atoms with van der Waals surface area (Å²) in [4.78, 5) is 16.4. The van der Waals surface area contributed by atoms with Crippen LogP contribution in [0.1, 0.15) is 23.5 Å². The Bertz CT molecular complexity index is 565. The molecule has 1 aliphatic carbocycles. The zero-order valence-electron chi connectivity index (χ0n) is 12.4. The molecule has 0 bridgehead atoms. The normalized spacial score (nSPS) is 26.1.